The van der Waals surface area contributed by atoms with E-state index in [1.165, 1.54) is 12.5 Å². The maximum Gasteiger partial charge on any atom is 0.419 e. The number of nitrogens with two attached hydrogens (primary N) is 1. The van der Waals surface area contributed by atoms with Gasteiger partial charge in [-0.05, 0) is 62.4 Å². The van der Waals surface area contributed by atoms with Crippen LogP contribution in [-0.2, 0) is 11.0 Å². The zero-order valence-corrected chi connectivity index (χ0v) is 21.5. The molecule has 1 aromatic carbocycles. The van der Waals surface area contributed by atoms with Crippen molar-refractivity contribution in [1.29, 1.82) is 0 Å². The molecule has 1 fully saturated rings. The summed E-state index contributed by atoms with van der Waals surface area (Å²) in [5.41, 5.74) is 5.52. The van der Waals surface area contributed by atoms with Gasteiger partial charge in [0.05, 0.1) is 23.9 Å². The van der Waals surface area contributed by atoms with Gasteiger partial charge in [0, 0.05) is 6.54 Å². The fourth-order valence-electron chi connectivity index (χ4n) is 4.17. The van der Waals surface area contributed by atoms with Gasteiger partial charge in [-0.25, -0.2) is 0 Å². The molecule has 0 unspecified atom stereocenters. The first-order valence-electron chi connectivity index (χ1n) is 12.7. The van der Waals surface area contributed by atoms with Crippen LogP contribution in [0.15, 0.2) is 40.3 Å². The van der Waals surface area contributed by atoms with Gasteiger partial charge >= 0.3 is 6.18 Å². The molecule has 1 atom stereocenters. The number of oxime groups is 2. The summed E-state index contributed by atoms with van der Waals surface area (Å²) < 4.78 is 46.8. The van der Waals surface area contributed by atoms with Crippen LogP contribution in [0.2, 0.25) is 0 Å². The van der Waals surface area contributed by atoms with Gasteiger partial charge in [0.15, 0.2) is 5.76 Å². The van der Waals surface area contributed by atoms with Crippen LogP contribution in [0.4, 0.5) is 13.2 Å². The fourth-order valence-corrected chi connectivity index (χ4v) is 4.17. The van der Waals surface area contributed by atoms with Crippen molar-refractivity contribution in [2.45, 2.75) is 90.8 Å². The Morgan fingerprint density at radius 1 is 1.19 bits per heavy atom. The highest BCUT2D eigenvalue weighted by Gasteiger charge is 2.35. The summed E-state index contributed by atoms with van der Waals surface area (Å²) in [6, 6.07) is 3.67. The van der Waals surface area contributed by atoms with Gasteiger partial charge in [0.1, 0.15) is 5.75 Å². The third-order valence-electron chi connectivity index (χ3n) is 6.13. The number of allylic oxidation sites excluding steroid dienone is 1. The summed E-state index contributed by atoms with van der Waals surface area (Å²) in [4.78, 5) is 7.40. The molecule has 10 heteroatoms. The van der Waals surface area contributed by atoms with E-state index in [0.29, 0.717) is 30.9 Å². The predicted molar refractivity (Wildman–Crippen MR) is 135 cm³/mol. The molecule has 1 aromatic rings. The molecule has 7 nitrogen and oxygen atoms in total. The topological polar surface area (TPSA) is 92.7 Å². The number of benzene rings is 1. The summed E-state index contributed by atoms with van der Waals surface area (Å²) in [5, 5.41) is 16.2. The highest BCUT2D eigenvalue weighted by molar-refractivity contribution is 5.98. The molecule has 0 radical (unpaired) electrons. The minimum absolute atomic E-state index is 0.0184. The summed E-state index contributed by atoms with van der Waals surface area (Å²) in [6.45, 7) is 6.50. The van der Waals surface area contributed by atoms with Gasteiger partial charge in [0.25, 0.3) is 0 Å². The Bertz CT molecular complexity index is 916. The number of guanidine groups is 1. The smallest absolute Gasteiger partial charge is 0.419 e. The minimum atomic E-state index is -4.56. The second kappa shape index (κ2) is 14.6. The number of hydrogen-bond donors (Lipinski definition) is 2. The largest absolute Gasteiger partial charge is 0.493 e. The molecule has 1 heterocycles. The molecule has 1 saturated heterocycles. The van der Waals surface area contributed by atoms with Gasteiger partial charge in [-0.2, -0.15) is 13.2 Å². The number of rotatable bonds is 13. The average molecular weight is 513 g/mol. The van der Waals surface area contributed by atoms with Gasteiger partial charge in [0.2, 0.25) is 5.96 Å². The Hall–Kier alpha value is -2.91. The van der Waals surface area contributed by atoms with E-state index in [1.54, 1.807) is 17.9 Å². The molecule has 0 amide bonds. The first kappa shape index (κ1) is 29.3. The fraction of sp³-hybridized carbons (Fsp3) is 0.615. The number of ether oxygens (including phenoxy) is 1. The maximum atomic E-state index is 13.8. The Morgan fingerprint density at radius 2 is 1.92 bits per heavy atom. The molecule has 1 aliphatic heterocycles. The highest BCUT2D eigenvalue weighted by Crippen LogP contribution is 2.37. The van der Waals surface area contributed by atoms with Crippen LogP contribution < -0.4 is 10.5 Å². The van der Waals surface area contributed by atoms with Crippen molar-refractivity contribution in [2.24, 2.45) is 16.0 Å². The number of halogens is 3. The van der Waals surface area contributed by atoms with Gasteiger partial charge in [-0.3, -0.25) is 0 Å². The lowest BCUT2D eigenvalue weighted by Crippen LogP contribution is -2.41. The lowest BCUT2D eigenvalue weighted by Gasteiger charge is -2.25. The Balaban J connectivity index is 2.12. The van der Waals surface area contributed by atoms with Crippen LogP contribution in [0.5, 0.6) is 5.75 Å². The van der Waals surface area contributed by atoms with Crippen molar-refractivity contribution in [3.05, 3.63) is 41.2 Å². The lowest BCUT2D eigenvalue weighted by molar-refractivity contribution is -0.139. The van der Waals surface area contributed by atoms with E-state index < -0.39 is 11.7 Å². The molecule has 0 aromatic heterocycles. The summed E-state index contributed by atoms with van der Waals surface area (Å²) in [5.74, 6) is 0.312. The normalized spacial score (nSPS) is 17.6. The van der Waals surface area contributed by atoms with Crippen molar-refractivity contribution in [2.75, 3.05) is 13.2 Å². The number of unbranched alkanes of at least 4 members (excludes halogenated alkanes) is 5. The van der Waals surface area contributed by atoms with E-state index in [0.717, 1.165) is 44.6 Å². The molecule has 0 spiro atoms. The van der Waals surface area contributed by atoms with Crippen molar-refractivity contribution >= 4 is 11.7 Å². The monoisotopic (exact) mass is 512 g/mol. The summed E-state index contributed by atoms with van der Waals surface area (Å²) >= 11 is 0. The number of nitrogens with zero attached hydrogens (tertiary/aromatic N) is 3. The second-order valence-electron chi connectivity index (χ2n) is 8.92. The SMILES string of the molecule is CC/C=C(/O/N=C(\C)c1ccc(OCCCCCCCC)c(C(F)(F)F)c1)[C@@H]1CCCN1/C(N)=N/O. The first-order valence-corrected chi connectivity index (χ1v) is 12.7. The quantitative estimate of drug-likeness (QED) is 0.0771. The van der Waals surface area contributed by atoms with E-state index in [-0.39, 0.29) is 29.9 Å². The molecular formula is C26H39F3N4O3. The van der Waals surface area contributed by atoms with E-state index in [2.05, 4.69) is 17.2 Å². The van der Waals surface area contributed by atoms with Gasteiger partial charge in [-0.1, -0.05) is 56.3 Å². The zero-order chi connectivity index (χ0) is 26.6. The summed E-state index contributed by atoms with van der Waals surface area (Å²) in [7, 11) is 0. The van der Waals surface area contributed by atoms with Crippen LogP contribution in [0.3, 0.4) is 0 Å². The molecule has 0 bridgehead atoms. The molecule has 3 N–H and O–H groups in total. The first-order chi connectivity index (χ1) is 17.2. The van der Waals surface area contributed by atoms with E-state index >= 15 is 0 Å². The zero-order valence-electron chi connectivity index (χ0n) is 21.5. The Labute approximate surface area is 211 Å². The van der Waals surface area contributed by atoms with E-state index in [9.17, 15) is 13.2 Å². The Kier molecular flexibility index (Phi) is 11.9. The van der Waals surface area contributed by atoms with Gasteiger partial charge in [-0.15, -0.1) is 0 Å². The molecule has 36 heavy (non-hydrogen) atoms. The molecule has 0 saturated carbocycles. The van der Waals surface area contributed by atoms with Crippen molar-refractivity contribution in [1.82, 2.24) is 4.90 Å². The average Bonchev–Trinajstić information content (AvgIpc) is 3.34. The highest BCUT2D eigenvalue weighted by atomic mass is 19.4. The lowest BCUT2D eigenvalue weighted by atomic mass is 10.1. The third-order valence-corrected chi connectivity index (χ3v) is 6.13. The standard InChI is InChI=1S/C26H39F3N4O3/c1-4-6-7-8-9-10-17-35-23-15-14-20(18-21(23)26(27,28)29)19(3)32-36-24(12-5-2)22-13-11-16-33(22)25(30)31-34/h12,14-15,18,22,34H,4-11,13,16-17H2,1-3H3,(H2,30,31)/b24-12+,32-19+/t22-/m0/s1. The molecular weight excluding hydrogens is 473 g/mol. The van der Waals surface area contributed by atoms with Crippen molar-refractivity contribution < 1.29 is 28.0 Å². The third kappa shape index (κ3) is 8.64. The second-order valence-corrected chi connectivity index (χ2v) is 8.92. The van der Waals surface area contributed by atoms with Crippen LogP contribution >= 0.6 is 0 Å². The van der Waals surface area contributed by atoms with Crippen LogP contribution in [-0.4, -0.2) is 41.0 Å². The number of likely N-dealkylation sites (tertiary alicyclic amines) is 1. The van der Waals surface area contributed by atoms with E-state index in [4.69, 9.17) is 20.5 Å². The number of alkyl halides is 3. The molecule has 1 aliphatic rings. The number of hydrogen-bond acceptors (Lipinski definition) is 5. The molecule has 2 rings (SSSR count). The molecule has 0 aliphatic carbocycles. The molecule has 202 valence electrons. The minimum Gasteiger partial charge on any atom is -0.493 e. The van der Waals surface area contributed by atoms with Gasteiger partial charge < -0.3 is 25.4 Å². The van der Waals surface area contributed by atoms with Crippen molar-refractivity contribution in [3.63, 3.8) is 0 Å². The maximum absolute atomic E-state index is 13.8. The van der Waals surface area contributed by atoms with Crippen LogP contribution in [0.1, 0.15) is 89.7 Å². The summed E-state index contributed by atoms with van der Waals surface area (Å²) in [6.07, 6.45) is 5.64. The van der Waals surface area contributed by atoms with Crippen LogP contribution in [0, 0.1) is 0 Å². The predicted octanol–water partition coefficient (Wildman–Crippen LogP) is 6.65. The van der Waals surface area contributed by atoms with E-state index in [1.807, 2.05) is 13.0 Å². The van der Waals surface area contributed by atoms with Crippen LogP contribution in [0.25, 0.3) is 0 Å². The Morgan fingerprint density at radius 3 is 2.58 bits per heavy atom. The van der Waals surface area contributed by atoms with Crippen molar-refractivity contribution in [3.8, 4) is 5.75 Å².